The number of hydrogen-bond acceptors (Lipinski definition) is 3. The van der Waals surface area contributed by atoms with E-state index in [9.17, 15) is 4.79 Å². The second-order valence-corrected chi connectivity index (χ2v) is 6.47. The minimum Gasteiger partial charge on any atom is -0.356 e. The van der Waals surface area contributed by atoms with E-state index in [1.165, 1.54) is 37.9 Å². The first-order valence-electron chi connectivity index (χ1n) is 7.79. The quantitative estimate of drug-likeness (QED) is 0.607. The number of rotatable bonds is 10. The summed E-state index contributed by atoms with van der Waals surface area (Å²) in [6.45, 7) is 3.12. The van der Waals surface area contributed by atoms with Crippen molar-refractivity contribution in [3.63, 3.8) is 0 Å². The maximum Gasteiger partial charge on any atom is 0.220 e. The number of piperidine rings is 1. The van der Waals surface area contributed by atoms with Crippen molar-refractivity contribution in [2.45, 2.75) is 51.4 Å². The molecule has 1 heterocycles. The summed E-state index contributed by atoms with van der Waals surface area (Å²) in [5.41, 5.74) is 0. The highest BCUT2D eigenvalue weighted by Gasteiger charge is 2.14. The number of nitrogens with one attached hydrogen (secondary N) is 2. The lowest BCUT2D eigenvalue weighted by Crippen LogP contribution is -2.29. The number of hydrogen-bond donors (Lipinski definition) is 2. The average Bonchev–Trinajstić information content (AvgIpc) is 2.45. The Labute approximate surface area is 122 Å². The van der Waals surface area contributed by atoms with Gasteiger partial charge in [-0.3, -0.25) is 4.79 Å². The van der Waals surface area contributed by atoms with Crippen LogP contribution in [0.5, 0.6) is 0 Å². The van der Waals surface area contributed by atoms with Crippen molar-refractivity contribution >= 4 is 17.7 Å². The van der Waals surface area contributed by atoms with Gasteiger partial charge in [-0.2, -0.15) is 11.8 Å². The van der Waals surface area contributed by atoms with Crippen LogP contribution in [0.2, 0.25) is 0 Å². The van der Waals surface area contributed by atoms with Crippen molar-refractivity contribution in [3.8, 4) is 0 Å². The Kier molecular flexibility index (Phi) is 10.3. The minimum absolute atomic E-state index is 0.252. The normalized spacial score (nSPS) is 16.5. The molecular formula is C15H30N2OS. The summed E-state index contributed by atoms with van der Waals surface area (Å²) in [4.78, 5) is 11.7. The van der Waals surface area contributed by atoms with Gasteiger partial charge in [0.1, 0.15) is 0 Å². The van der Waals surface area contributed by atoms with Gasteiger partial charge in [-0.15, -0.1) is 0 Å². The van der Waals surface area contributed by atoms with Crippen molar-refractivity contribution in [1.82, 2.24) is 10.6 Å². The van der Waals surface area contributed by atoms with Crippen molar-refractivity contribution in [3.05, 3.63) is 0 Å². The lowest BCUT2D eigenvalue weighted by atomic mass is 9.93. The van der Waals surface area contributed by atoms with E-state index in [1.54, 1.807) is 0 Å². The fraction of sp³-hybridized carbons (Fsp3) is 0.933. The predicted octanol–water partition coefficient (Wildman–Crippen LogP) is 2.81. The predicted molar refractivity (Wildman–Crippen MR) is 84.7 cm³/mol. The first-order valence-corrected chi connectivity index (χ1v) is 9.18. The molecule has 3 nitrogen and oxygen atoms in total. The average molecular weight is 286 g/mol. The summed E-state index contributed by atoms with van der Waals surface area (Å²) in [6.07, 6.45) is 11.4. The monoisotopic (exact) mass is 286 g/mol. The van der Waals surface area contributed by atoms with Crippen molar-refractivity contribution in [1.29, 1.82) is 0 Å². The fourth-order valence-electron chi connectivity index (χ4n) is 2.55. The highest BCUT2D eigenvalue weighted by Crippen LogP contribution is 2.17. The smallest absolute Gasteiger partial charge is 0.220 e. The van der Waals surface area contributed by atoms with Crippen LogP contribution in [0, 0.1) is 5.92 Å². The molecule has 0 atom stereocenters. The van der Waals surface area contributed by atoms with Crippen LogP contribution in [0.3, 0.4) is 0 Å². The Morgan fingerprint density at radius 3 is 2.68 bits per heavy atom. The standard InChI is InChI=1S/C15H30N2OS/c1-19-13-5-3-2-4-10-17-15(18)7-6-14-8-11-16-12-9-14/h14,16H,2-13H2,1H3,(H,17,18). The van der Waals surface area contributed by atoms with Crippen molar-refractivity contribution in [2.75, 3.05) is 31.6 Å². The van der Waals surface area contributed by atoms with E-state index >= 15 is 0 Å². The van der Waals surface area contributed by atoms with Gasteiger partial charge in [0.15, 0.2) is 0 Å². The van der Waals surface area contributed by atoms with E-state index in [-0.39, 0.29) is 5.91 Å². The molecule has 0 aromatic heterocycles. The molecule has 0 aromatic carbocycles. The molecule has 0 aromatic rings. The van der Waals surface area contributed by atoms with Gasteiger partial charge in [-0.25, -0.2) is 0 Å². The number of carbonyl (C=O) groups excluding carboxylic acids is 1. The van der Waals surface area contributed by atoms with Crippen LogP contribution in [-0.2, 0) is 4.79 Å². The Morgan fingerprint density at radius 1 is 1.21 bits per heavy atom. The molecule has 1 aliphatic rings. The molecule has 0 spiro atoms. The summed E-state index contributed by atoms with van der Waals surface area (Å²) in [5, 5.41) is 6.42. The van der Waals surface area contributed by atoms with Crippen molar-refractivity contribution in [2.24, 2.45) is 5.92 Å². The molecule has 0 unspecified atom stereocenters. The maximum absolute atomic E-state index is 11.7. The number of thioether (sulfide) groups is 1. The molecule has 1 fully saturated rings. The minimum atomic E-state index is 0.252. The molecule has 1 rings (SSSR count). The van der Waals surface area contributed by atoms with E-state index in [4.69, 9.17) is 0 Å². The first kappa shape index (κ1) is 16.8. The number of carbonyl (C=O) groups is 1. The third-order valence-corrected chi connectivity index (χ3v) is 4.53. The van der Waals surface area contributed by atoms with Crippen molar-refractivity contribution < 1.29 is 4.79 Å². The van der Waals surface area contributed by atoms with E-state index in [2.05, 4.69) is 16.9 Å². The second-order valence-electron chi connectivity index (χ2n) is 5.49. The molecule has 4 heteroatoms. The van der Waals surface area contributed by atoms with Gasteiger partial charge < -0.3 is 10.6 Å². The summed E-state index contributed by atoms with van der Waals surface area (Å²) in [7, 11) is 0. The molecule has 1 amide bonds. The van der Waals surface area contributed by atoms with Crippen LogP contribution in [-0.4, -0.2) is 37.6 Å². The molecule has 1 aliphatic heterocycles. The van der Waals surface area contributed by atoms with Crippen LogP contribution in [0.15, 0.2) is 0 Å². The van der Waals surface area contributed by atoms with E-state index in [0.29, 0.717) is 0 Å². The van der Waals surface area contributed by atoms with Gasteiger partial charge in [0, 0.05) is 13.0 Å². The van der Waals surface area contributed by atoms with Gasteiger partial charge in [-0.1, -0.05) is 12.8 Å². The lowest BCUT2D eigenvalue weighted by molar-refractivity contribution is -0.121. The molecule has 0 aliphatic carbocycles. The summed E-state index contributed by atoms with van der Waals surface area (Å²) >= 11 is 1.92. The Balaban J connectivity index is 1.87. The van der Waals surface area contributed by atoms with E-state index in [0.717, 1.165) is 44.8 Å². The first-order chi connectivity index (χ1) is 9.33. The fourth-order valence-corrected chi connectivity index (χ4v) is 3.04. The zero-order chi connectivity index (χ0) is 13.8. The Hall–Kier alpha value is -0.220. The maximum atomic E-state index is 11.7. The Morgan fingerprint density at radius 2 is 1.95 bits per heavy atom. The highest BCUT2D eigenvalue weighted by molar-refractivity contribution is 7.98. The molecule has 112 valence electrons. The summed E-state index contributed by atoms with van der Waals surface area (Å²) in [5.74, 6) is 2.28. The zero-order valence-electron chi connectivity index (χ0n) is 12.4. The van der Waals surface area contributed by atoms with Crippen LogP contribution in [0.25, 0.3) is 0 Å². The van der Waals surface area contributed by atoms with E-state index < -0.39 is 0 Å². The largest absolute Gasteiger partial charge is 0.356 e. The SMILES string of the molecule is CSCCCCCCNC(=O)CCC1CCNCC1. The van der Waals surface area contributed by atoms with Gasteiger partial charge in [0.25, 0.3) is 0 Å². The topological polar surface area (TPSA) is 41.1 Å². The summed E-state index contributed by atoms with van der Waals surface area (Å²) < 4.78 is 0. The molecule has 0 bridgehead atoms. The van der Waals surface area contributed by atoms with E-state index in [1.807, 2.05) is 11.8 Å². The third-order valence-electron chi connectivity index (χ3n) is 3.84. The van der Waals surface area contributed by atoms with Gasteiger partial charge in [-0.05, 0) is 63.1 Å². The molecule has 0 radical (unpaired) electrons. The zero-order valence-corrected chi connectivity index (χ0v) is 13.2. The molecule has 0 saturated carbocycles. The van der Waals surface area contributed by atoms with Crippen LogP contribution >= 0.6 is 11.8 Å². The van der Waals surface area contributed by atoms with Gasteiger partial charge >= 0.3 is 0 Å². The molecule has 19 heavy (non-hydrogen) atoms. The number of unbranched alkanes of at least 4 members (excludes halogenated alkanes) is 3. The van der Waals surface area contributed by atoms with Gasteiger partial charge in [0.05, 0.1) is 0 Å². The molecule has 1 saturated heterocycles. The third kappa shape index (κ3) is 9.33. The Bertz CT molecular complexity index is 230. The molecular weight excluding hydrogens is 256 g/mol. The van der Waals surface area contributed by atoms with Crippen LogP contribution in [0.1, 0.15) is 51.4 Å². The lowest BCUT2D eigenvalue weighted by Gasteiger charge is -2.22. The summed E-state index contributed by atoms with van der Waals surface area (Å²) in [6, 6.07) is 0. The van der Waals surface area contributed by atoms with Crippen LogP contribution < -0.4 is 10.6 Å². The van der Waals surface area contributed by atoms with Gasteiger partial charge in [0.2, 0.25) is 5.91 Å². The molecule has 2 N–H and O–H groups in total. The van der Waals surface area contributed by atoms with Crippen LogP contribution in [0.4, 0.5) is 0 Å². The number of amides is 1. The second kappa shape index (κ2) is 11.6. The highest BCUT2D eigenvalue weighted by atomic mass is 32.2.